The number of rotatable bonds is 4. The van der Waals surface area contributed by atoms with E-state index >= 15 is 0 Å². The molecule has 0 saturated carbocycles. The van der Waals surface area contributed by atoms with Gasteiger partial charge in [0.2, 0.25) is 5.70 Å². The highest BCUT2D eigenvalue weighted by Crippen LogP contribution is 2.25. The Labute approximate surface area is 141 Å². The van der Waals surface area contributed by atoms with Crippen molar-refractivity contribution in [1.82, 2.24) is 4.57 Å². The van der Waals surface area contributed by atoms with Gasteiger partial charge in [-0.3, -0.25) is 10.1 Å². The lowest BCUT2D eigenvalue weighted by Gasteiger charge is -2.09. The van der Waals surface area contributed by atoms with E-state index < -0.39 is 0 Å². The highest BCUT2D eigenvalue weighted by Gasteiger charge is 2.11. The highest BCUT2D eigenvalue weighted by molar-refractivity contribution is 5.89. The second-order valence-electron chi connectivity index (χ2n) is 6.20. The van der Waals surface area contributed by atoms with Gasteiger partial charge in [-0.1, -0.05) is 42.0 Å². The van der Waals surface area contributed by atoms with Crippen LogP contribution in [0.5, 0.6) is 0 Å². The quantitative estimate of drug-likeness (QED) is 0.505. The van der Waals surface area contributed by atoms with Gasteiger partial charge in [0.25, 0.3) is 0 Å². The number of aryl methyl sites for hydroxylation is 2. The van der Waals surface area contributed by atoms with Gasteiger partial charge in [-0.25, -0.2) is 0 Å². The normalized spacial score (nSPS) is 11.9. The lowest BCUT2D eigenvalue weighted by molar-refractivity contribution is -0.422. The highest BCUT2D eigenvalue weighted by atomic mass is 16.6. The summed E-state index contributed by atoms with van der Waals surface area (Å²) < 4.78 is 2.16. The van der Waals surface area contributed by atoms with E-state index in [-0.39, 0.29) is 10.6 Å². The summed E-state index contributed by atoms with van der Waals surface area (Å²) in [6, 6.07) is 14.5. The van der Waals surface area contributed by atoms with Gasteiger partial charge in [0.05, 0.1) is 4.92 Å². The smallest absolute Gasteiger partial charge is 0.243 e. The maximum absolute atomic E-state index is 11.0. The Morgan fingerprint density at radius 1 is 1.21 bits per heavy atom. The van der Waals surface area contributed by atoms with Crippen LogP contribution < -0.4 is 0 Å². The average molecular weight is 320 g/mol. The van der Waals surface area contributed by atoms with Gasteiger partial charge >= 0.3 is 0 Å². The summed E-state index contributed by atoms with van der Waals surface area (Å²) in [4.78, 5) is 10.6. The molecule has 24 heavy (non-hydrogen) atoms. The summed E-state index contributed by atoms with van der Waals surface area (Å²) >= 11 is 0. The van der Waals surface area contributed by atoms with Crippen LogP contribution in [0.3, 0.4) is 0 Å². The molecule has 1 heterocycles. The first-order valence-corrected chi connectivity index (χ1v) is 7.92. The summed E-state index contributed by atoms with van der Waals surface area (Å²) in [7, 11) is 0. The predicted octanol–water partition coefficient (Wildman–Crippen LogP) is 4.94. The third-order valence-corrected chi connectivity index (χ3v) is 4.32. The third kappa shape index (κ3) is 3.08. The molecule has 0 N–H and O–H groups in total. The monoisotopic (exact) mass is 320 g/mol. The predicted molar refractivity (Wildman–Crippen MR) is 97.6 cm³/mol. The number of nitrogens with zero attached hydrogens (tertiary/aromatic N) is 2. The van der Waals surface area contributed by atoms with Gasteiger partial charge in [-0.15, -0.1) is 0 Å². The average Bonchev–Trinajstić information content (AvgIpc) is 2.89. The first kappa shape index (κ1) is 16.0. The van der Waals surface area contributed by atoms with Gasteiger partial charge in [0, 0.05) is 42.2 Å². The zero-order chi connectivity index (χ0) is 17.3. The zero-order valence-electron chi connectivity index (χ0n) is 14.1. The molecule has 2 aromatic carbocycles. The van der Waals surface area contributed by atoms with Crippen LogP contribution in [0.2, 0.25) is 0 Å². The molecule has 0 bridgehead atoms. The van der Waals surface area contributed by atoms with Crippen molar-refractivity contribution in [1.29, 1.82) is 0 Å². The SMILES string of the molecule is CC(=Cc1cn(Cc2cc(C)ccc2C)c2ccccc12)[N+](=O)[O-]. The van der Waals surface area contributed by atoms with Crippen molar-refractivity contribution in [3.63, 3.8) is 0 Å². The van der Waals surface area contributed by atoms with Crippen LogP contribution in [0.15, 0.2) is 54.4 Å². The van der Waals surface area contributed by atoms with Crippen molar-refractivity contribution in [3.05, 3.63) is 86.7 Å². The van der Waals surface area contributed by atoms with Crippen molar-refractivity contribution in [3.8, 4) is 0 Å². The van der Waals surface area contributed by atoms with Crippen molar-refractivity contribution < 1.29 is 4.92 Å². The Kier molecular flexibility index (Phi) is 4.21. The van der Waals surface area contributed by atoms with Gasteiger partial charge in [-0.05, 0) is 31.0 Å². The fraction of sp³-hybridized carbons (Fsp3) is 0.200. The molecule has 0 saturated heterocycles. The van der Waals surface area contributed by atoms with E-state index in [9.17, 15) is 10.1 Å². The first-order valence-electron chi connectivity index (χ1n) is 7.92. The number of hydrogen-bond donors (Lipinski definition) is 0. The lowest BCUT2D eigenvalue weighted by atomic mass is 10.1. The molecule has 4 nitrogen and oxygen atoms in total. The van der Waals surface area contributed by atoms with Crippen molar-refractivity contribution in [2.45, 2.75) is 27.3 Å². The zero-order valence-corrected chi connectivity index (χ0v) is 14.1. The molecular weight excluding hydrogens is 300 g/mol. The Morgan fingerprint density at radius 2 is 1.96 bits per heavy atom. The molecule has 0 fully saturated rings. The minimum atomic E-state index is -0.350. The Balaban J connectivity index is 2.10. The van der Waals surface area contributed by atoms with Crippen LogP contribution in [-0.2, 0) is 6.54 Å². The largest absolute Gasteiger partial charge is 0.342 e. The van der Waals surface area contributed by atoms with Crippen molar-refractivity contribution >= 4 is 17.0 Å². The van der Waals surface area contributed by atoms with E-state index in [4.69, 9.17) is 0 Å². The molecule has 0 aliphatic carbocycles. The lowest BCUT2D eigenvalue weighted by Crippen LogP contribution is -2.00. The summed E-state index contributed by atoms with van der Waals surface area (Å²) in [5.74, 6) is 0. The van der Waals surface area contributed by atoms with E-state index in [2.05, 4.69) is 42.7 Å². The Hall–Kier alpha value is -2.88. The molecule has 0 atom stereocenters. The van der Waals surface area contributed by atoms with Crippen LogP contribution in [0.25, 0.3) is 17.0 Å². The number of nitro groups is 1. The molecule has 0 amide bonds. The molecule has 3 aromatic rings. The standard InChI is InChI=1S/C20H20N2O2/c1-14-8-9-15(2)17(10-14)12-21-13-18(11-16(3)22(23)24)19-6-4-5-7-20(19)21/h4-11,13H,12H2,1-3H3. The van der Waals surface area contributed by atoms with Gasteiger partial charge in [-0.2, -0.15) is 0 Å². The molecule has 3 rings (SSSR count). The third-order valence-electron chi connectivity index (χ3n) is 4.32. The minimum Gasteiger partial charge on any atom is -0.342 e. The Morgan fingerprint density at radius 3 is 2.71 bits per heavy atom. The minimum absolute atomic E-state index is 0.143. The van der Waals surface area contributed by atoms with E-state index in [0.717, 1.165) is 23.0 Å². The fourth-order valence-electron chi connectivity index (χ4n) is 2.95. The summed E-state index contributed by atoms with van der Waals surface area (Å²) in [5.41, 5.74) is 5.85. The molecule has 0 aliphatic heterocycles. The maximum atomic E-state index is 11.0. The van der Waals surface area contributed by atoms with Gasteiger partial charge in [0.1, 0.15) is 0 Å². The van der Waals surface area contributed by atoms with Crippen LogP contribution >= 0.6 is 0 Å². The van der Waals surface area contributed by atoms with Crippen molar-refractivity contribution in [2.75, 3.05) is 0 Å². The van der Waals surface area contributed by atoms with Crippen LogP contribution in [-0.4, -0.2) is 9.49 Å². The number of fused-ring (bicyclic) bond motifs is 1. The molecule has 0 radical (unpaired) electrons. The second-order valence-corrected chi connectivity index (χ2v) is 6.20. The van der Waals surface area contributed by atoms with E-state index in [0.29, 0.717) is 0 Å². The fourth-order valence-corrected chi connectivity index (χ4v) is 2.95. The van der Waals surface area contributed by atoms with Gasteiger partial charge in [0.15, 0.2) is 0 Å². The number of allylic oxidation sites excluding steroid dienone is 1. The van der Waals surface area contributed by atoms with Crippen LogP contribution in [0.4, 0.5) is 0 Å². The molecule has 4 heteroatoms. The van der Waals surface area contributed by atoms with Crippen LogP contribution in [0, 0.1) is 24.0 Å². The van der Waals surface area contributed by atoms with E-state index in [1.165, 1.54) is 23.6 Å². The molecular formula is C20H20N2O2. The number of hydrogen-bond acceptors (Lipinski definition) is 2. The summed E-state index contributed by atoms with van der Waals surface area (Å²) in [6.45, 7) is 6.47. The molecule has 122 valence electrons. The molecule has 0 spiro atoms. The molecule has 0 aliphatic rings. The molecule has 0 unspecified atom stereocenters. The van der Waals surface area contributed by atoms with Crippen molar-refractivity contribution in [2.24, 2.45) is 0 Å². The number of aromatic nitrogens is 1. The first-order chi connectivity index (χ1) is 11.5. The second kappa shape index (κ2) is 6.32. The van der Waals surface area contributed by atoms with E-state index in [1.807, 2.05) is 24.4 Å². The molecule has 1 aromatic heterocycles. The number of para-hydroxylation sites is 1. The van der Waals surface area contributed by atoms with Crippen LogP contribution in [0.1, 0.15) is 29.2 Å². The number of benzene rings is 2. The maximum Gasteiger partial charge on any atom is 0.243 e. The van der Waals surface area contributed by atoms with Gasteiger partial charge < -0.3 is 4.57 Å². The topological polar surface area (TPSA) is 48.1 Å². The summed E-state index contributed by atoms with van der Waals surface area (Å²) in [5, 5.41) is 12.0. The Bertz CT molecular complexity index is 951. The summed E-state index contributed by atoms with van der Waals surface area (Å²) in [6.07, 6.45) is 3.64. The van der Waals surface area contributed by atoms with E-state index in [1.54, 1.807) is 6.08 Å².